The molecule has 21 heavy (non-hydrogen) atoms. The molecule has 0 saturated carbocycles. The molecule has 0 unspecified atom stereocenters. The smallest absolute Gasteiger partial charge is 0.306 e. The van der Waals surface area contributed by atoms with E-state index in [4.69, 9.17) is 16.3 Å². The van der Waals surface area contributed by atoms with Gasteiger partial charge in [-0.05, 0) is 18.9 Å². The predicted octanol–water partition coefficient (Wildman–Crippen LogP) is 2.18. The summed E-state index contributed by atoms with van der Waals surface area (Å²) in [6, 6.07) is 3.54. The molecule has 4 nitrogen and oxygen atoms in total. The Kier molecular flexibility index (Phi) is 7.30. The van der Waals surface area contributed by atoms with Gasteiger partial charge in [-0.2, -0.15) is 0 Å². The van der Waals surface area contributed by atoms with E-state index in [9.17, 15) is 9.59 Å². The highest BCUT2D eigenvalue weighted by Gasteiger charge is 2.11. The second-order valence-corrected chi connectivity index (χ2v) is 5.37. The summed E-state index contributed by atoms with van der Waals surface area (Å²) in [7, 11) is 1.87. The lowest BCUT2D eigenvalue weighted by Gasteiger charge is -2.14. The van der Waals surface area contributed by atoms with Crippen molar-refractivity contribution in [3.05, 3.63) is 22.7 Å². The number of anilines is 1. The lowest BCUT2D eigenvalue weighted by Crippen LogP contribution is -2.16. The van der Waals surface area contributed by atoms with Crippen molar-refractivity contribution in [1.29, 1.82) is 0 Å². The molecule has 0 saturated heterocycles. The van der Waals surface area contributed by atoms with E-state index in [1.54, 1.807) is 6.07 Å². The van der Waals surface area contributed by atoms with Crippen LogP contribution in [0.1, 0.15) is 45.1 Å². The maximum Gasteiger partial charge on any atom is 0.306 e. The Morgan fingerprint density at radius 2 is 1.90 bits per heavy atom. The number of nitrogens with one attached hydrogen (secondary N) is 1. The van der Waals surface area contributed by atoms with Crippen molar-refractivity contribution in [2.75, 3.05) is 5.32 Å². The molecule has 0 aliphatic heterocycles. The molecule has 0 fully saturated rings. The number of carbonyl (C=O) groups is 2. The monoisotopic (exact) mass is 309 g/mol. The summed E-state index contributed by atoms with van der Waals surface area (Å²) in [4.78, 5) is 23.2. The average Bonchev–Trinajstić information content (AvgIpc) is 2.41. The van der Waals surface area contributed by atoms with Crippen LogP contribution >= 0.6 is 11.6 Å². The predicted molar refractivity (Wildman–Crippen MR) is 87.9 cm³/mol. The van der Waals surface area contributed by atoms with Gasteiger partial charge in [0.1, 0.15) is 14.5 Å². The number of amides is 1. The molecule has 0 bridgehead atoms. The fourth-order valence-corrected chi connectivity index (χ4v) is 2.02. The minimum absolute atomic E-state index is 0.0708. The lowest BCUT2D eigenvalue weighted by atomic mass is 9.93. The molecule has 1 aromatic rings. The van der Waals surface area contributed by atoms with Crippen LogP contribution in [0.3, 0.4) is 0 Å². The number of halogens is 1. The van der Waals surface area contributed by atoms with Crippen LogP contribution in [0.5, 0.6) is 0 Å². The van der Waals surface area contributed by atoms with Gasteiger partial charge in [-0.15, -0.1) is 0 Å². The third-order valence-electron chi connectivity index (χ3n) is 2.98. The van der Waals surface area contributed by atoms with Gasteiger partial charge in [0.25, 0.3) is 0 Å². The van der Waals surface area contributed by atoms with E-state index in [2.05, 4.69) is 5.32 Å². The Hall–Kier alpha value is -1.49. The van der Waals surface area contributed by atoms with E-state index in [0.717, 1.165) is 23.9 Å². The SMILES string of the molecule is Bc1cc(COC(=O)CCC)c(NC(=O)CCC)cc1Cl. The number of carbonyl (C=O) groups excluding carboxylic acids is 2. The molecule has 114 valence electrons. The summed E-state index contributed by atoms with van der Waals surface area (Å²) < 4.78 is 5.21. The molecular weight excluding hydrogens is 288 g/mol. The van der Waals surface area contributed by atoms with E-state index >= 15 is 0 Å². The zero-order valence-corrected chi connectivity index (χ0v) is 13.5. The summed E-state index contributed by atoms with van der Waals surface area (Å²) in [6.07, 6.45) is 2.36. The third-order valence-corrected chi connectivity index (χ3v) is 3.39. The molecule has 0 aliphatic carbocycles. The number of benzene rings is 1. The van der Waals surface area contributed by atoms with Crippen LogP contribution in [0.2, 0.25) is 5.02 Å². The molecule has 0 heterocycles. The Bertz CT molecular complexity index is 520. The number of esters is 1. The van der Waals surface area contributed by atoms with E-state index in [1.165, 1.54) is 0 Å². The lowest BCUT2D eigenvalue weighted by molar-refractivity contribution is -0.144. The van der Waals surface area contributed by atoms with Gasteiger partial charge in [-0.25, -0.2) is 0 Å². The summed E-state index contributed by atoms with van der Waals surface area (Å²) in [5.41, 5.74) is 2.24. The molecule has 1 amide bonds. The standard InChI is InChI=1S/C15H21BClNO3/c1-3-5-14(19)18-13-8-12(17)11(16)7-10(13)9-21-15(20)6-4-2/h7-8H,3-6,9,16H2,1-2H3,(H,18,19). The van der Waals surface area contributed by atoms with Crippen LogP contribution < -0.4 is 10.8 Å². The number of ether oxygens (including phenoxy) is 1. The fourth-order valence-electron chi connectivity index (χ4n) is 1.85. The normalized spacial score (nSPS) is 10.2. The zero-order chi connectivity index (χ0) is 15.8. The Balaban J connectivity index is 2.86. The average molecular weight is 310 g/mol. The molecule has 1 rings (SSSR count). The topological polar surface area (TPSA) is 55.4 Å². The first-order chi connectivity index (χ1) is 9.97. The largest absolute Gasteiger partial charge is 0.461 e. The van der Waals surface area contributed by atoms with E-state index in [1.807, 2.05) is 27.8 Å². The van der Waals surface area contributed by atoms with Gasteiger partial charge in [-0.3, -0.25) is 9.59 Å². The van der Waals surface area contributed by atoms with Gasteiger partial charge >= 0.3 is 5.97 Å². The van der Waals surface area contributed by atoms with Crippen molar-refractivity contribution in [2.24, 2.45) is 0 Å². The van der Waals surface area contributed by atoms with Gasteiger partial charge in [0.2, 0.25) is 5.91 Å². The fraction of sp³-hybridized carbons (Fsp3) is 0.467. The molecule has 0 atom stereocenters. The van der Waals surface area contributed by atoms with Crippen LogP contribution in [0.15, 0.2) is 12.1 Å². The first-order valence-corrected chi connectivity index (χ1v) is 7.60. The first-order valence-electron chi connectivity index (χ1n) is 7.22. The van der Waals surface area contributed by atoms with Crippen molar-refractivity contribution in [1.82, 2.24) is 0 Å². The van der Waals surface area contributed by atoms with Crippen LogP contribution in [0, 0.1) is 0 Å². The van der Waals surface area contributed by atoms with Crippen molar-refractivity contribution >= 4 is 42.5 Å². The van der Waals surface area contributed by atoms with Crippen LogP contribution in [-0.2, 0) is 20.9 Å². The molecule has 1 aromatic carbocycles. The van der Waals surface area contributed by atoms with Crippen LogP contribution in [0.25, 0.3) is 0 Å². The van der Waals surface area contributed by atoms with E-state index in [-0.39, 0.29) is 18.5 Å². The number of hydrogen-bond acceptors (Lipinski definition) is 3. The zero-order valence-electron chi connectivity index (χ0n) is 12.8. The maximum absolute atomic E-state index is 11.7. The van der Waals surface area contributed by atoms with Crippen molar-refractivity contribution in [3.8, 4) is 0 Å². The molecule has 0 spiro atoms. The van der Waals surface area contributed by atoms with Gasteiger partial charge in [-0.1, -0.05) is 37.0 Å². The highest BCUT2D eigenvalue weighted by Crippen LogP contribution is 2.21. The number of rotatable bonds is 7. The van der Waals surface area contributed by atoms with Gasteiger partial charge in [0.15, 0.2) is 0 Å². The van der Waals surface area contributed by atoms with Crippen molar-refractivity contribution < 1.29 is 14.3 Å². The summed E-state index contributed by atoms with van der Waals surface area (Å²) in [5.74, 6) is -0.311. The third kappa shape index (κ3) is 5.80. The molecule has 0 aliphatic rings. The van der Waals surface area contributed by atoms with Gasteiger partial charge in [0, 0.05) is 29.1 Å². The highest BCUT2D eigenvalue weighted by molar-refractivity contribution is 6.45. The van der Waals surface area contributed by atoms with Crippen LogP contribution in [-0.4, -0.2) is 19.7 Å². The molecule has 6 heteroatoms. The van der Waals surface area contributed by atoms with E-state index in [0.29, 0.717) is 23.6 Å². The minimum atomic E-state index is -0.240. The quantitative estimate of drug-likeness (QED) is 0.620. The Morgan fingerprint density at radius 3 is 2.52 bits per heavy atom. The molecule has 0 radical (unpaired) electrons. The van der Waals surface area contributed by atoms with E-state index < -0.39 is 0 Å². The molecule has 0 aromatic heterocycles. The van der Waals surface area contributed by atoms with Gasteiger partial charge < -0.3 is 10.1 Å². The Labute approximate surface area is 131 Å². The van der Waals surface area contributed by atoms with Crippen LogP contribution in [0.4, 0.5) is 5.69 Å². The molecule has 1 N–H and O–H groups in total. The Morgan fingerprint density at radius 1 is 1.24 bits per heavy atom. The van der Waals surface area contributed by atoms with Gasteiger partial charge in [0.05, 0.1) is 0 Å². The summed E-state index contributed by atoms with van der Waals surface area (Å²) >= 11 is 6.10. The second-order valence-electron chi connectivity index (χ2n) is 4.97. The minimum Gasteiger partial charge on any atom is -0.461 e. The van der Waals surface area contributed by atoms with Crippen molar-refractivity contribution in [3.63, 3.8) is 0 Å². The second kappa shape index (κ2) is 8.72. The molecular formula is C15H21BClNO3. The summed E-state index contributed by atoms with van der Waals surface area (Å²) in [6.45, 7) is 4.00. The summed E-state index contributed by atoms with van der Waals surface area (Å²) in [5, 5.41) is 3.40. The number of hydrogen-bond donors (Lipinski definition) is 1. The maximum atomic E-state index is 11.7. The van der Waals surface area contributed by atoms with Crippen molar-refractivity contribution in [2.45, 2.75) is 46.1 Å². The first kappa shape index (κ1) is 17.6. The highest BCUT2D eigenvalue weighted by atomic mass is 35.5.